The predicted molar refractivity (Wildman–Crippen MR) is 174 cm³/mol. The monoisotopic (exact) mass is 649 g/mol. The molecule has 8 nitrogen and oxygen atoms in total. The molecule has 5 aromatic rings. The van der Waals surface area contributed by atoms with E-state index in [9.17, 15) is 9.59 Å². The summed E-state index contributed by atoms with van der Waals surface area (Å²) in [6.07, 6.45) is 1.40. The van der Waals surface area contributed by atoms with Gasteiger partial charge in [-0.25, -0.2) is 10.4 Å². The van der Waals surface area contributed by atoms with Gasteiger partial charge in [-0.05, 0) is 78.9 Å². The highest BCUT2D eigenvalue weighted by atomic mass is 35.5. The second-order valence-corrected chi connectivity index (χ2v) is 11.1. The first kappa shape index (κ1) is 30.1. The van der Waals surface area contributed by atoms with Gasteiger partial charge in [-0.15, -0.1) is 11.3 Å². The summed E-state index contributed by atoms with van der Waals surface area (Å²) in [6, 6.07) is 26.0. The first-order chi connectivity index (χ1) is 20.8. The Balaban J connectivity index is 1.16. The summed E-state index contributed by atoms with van der Waals surface area (Å²) in [4.78, 5) is 29.6. The highest BCUT2D eigenvalue weighted by Gasteiger charge is 2.10. The van der Waals surface area contributed by atoms with Crippen molar-refractivity contribution < 1.29 is 14.3 Å². The number of carbonyl (C=O) groups excluding carboxylic acids is 2. The van der Waals surface area contributed by atoms with E-state index in [1.165, 1.54) is 17.6 Å². The SMILES string of the molecule is O=C(COc1ccc(Cl)cc1/C=N\NC(=O)c1ccc(-c2csc(Nc3ccc(Cl)cc3)n2)cc1)Nc1ccc(Cl)cc1. The summed E-state index contributed by atoms with van der Waals surface area (Å²) in [5.41, 5.74) is 6.51. The molecule has 3 N–H and O–H groups in total. The van der Waals surface area contributed by atoms with Crippen molar-refractivity contribution in [2.24, 2.45) is 5.10 Å². The van der Waals surface area contributed by atoms with Crippen LogP contribution in [0.25, 0.3) is 11.3 Å². The quantitative estimate of drug-likeness (QED) is 0.104. The molecule has 0 bridgehead atoms. The van der Waals surface area contributed by atoms with E-state index in [-0.39, 0.29) is 12.5 Å². The number of hydrogen-bond acceptors (Lipinski definition) is 7. The van der Waals surface area contributed by atoms with Crippen LogP contribution in [-0.2, 0) is 4.79 Å². The lowest BCUT2D eigenvalue weighted by atomic mass is 10.1. The molecule has 0 atom stereocenters. The fourth-order valence-electron chi connectivity index (χ4n) is 3.76. The number of hydrogen-bond donors (Lipinski definition) is 3. The van der Waals surface area contributed by atoms with Crippen molar-refractivity contribution in [1.29, 1.82) is 0 Å². The van der Waals surface area contributed by atoms with E-state index in [0.29, 0.717) is 37.6 Å². The normalized spacial score (nSPS) is 10.9. The van der Waals surface area contributed by atoms with Gasteiger partial charge >= 0.3 is 0 Å². The number of rotatable bonds is 10. The van der Waals surface area contributed by atoms with E-state index in [2.05, 4.69) is 26.1 Å². The van der Waals surface area contributed by atoms with E-state index in [1.54, 1.807) is 66.7 Å². The molecule has 12 heteroatoms. The number of carbonyl (C=O) groups is 2. The topological polar surface area (TPSA) is 105 Å². The van der Waals surface area contributed by atoms with Crippen LogP contribution < -0.4 is 20.8 Å². The summed E-state index contributed by atoms with van der Waals surface area (Å²) in [5, 5.41) is 14.4. The second-order valence-electron chi connectivity index (χ2n) is 8.97. The molecule has 0 spiro atoms. The van der Waals surface area contributed by atoms with E-state index >= 15 is 0 Å². The molecule has 0 saturated carbocycles. The molecule has 0 saturated heterocycles. The molecular formula is C31H22Cl3N5O3S. The Kier molecular flexibility index (Phi) is 9.91. The lowest BCUT2D eigenvalue weighted by molar-refractivity contribution is -0.118. The van der Waals surface area contributed by atoms with Crippen LogP contribution in [-0.4, -0.2) is 29.6 Å². The number of amides is 2. The Hall–Kier alpha value is -4.41. The van der Waals surface area contributed by atoms with Crippen LogP contribution in [0, 0.1) is 0 Å². The average Bonchev–Trinajstić information content (AvgIpc) is 3.47. The molecule has 5 rings (SSSR count). The molecule has 0 fully saturated rings. The van der Waals surface area contributed by atoms with Crippen molar-refractivity contribution in [2.45, 2.75) is 0 Å². The van der Waals surface area contributed by atoms with E-state index in [0.717, 1.165) is 22.1 Å². The standard InChI is InChI=1S/C31H22Cl3N5O3S/c32-22-5-10-25(11-6-22)36-29(40)17-42-28-14-9-24(34)15-21(28)16-35-39-30(41)20-3-1-19(2-4-20)27-18-43-31(38-27)37-26-12-7-23(33)8-13-26/h1-16,18H,17H2,(H,36,40)(H,37,38)(H,39,41)/b35-16-. The molecule has 216 valence electrons. The van der Waals surface area contributed by atoms with Crippen LogP contribution in [0.5, 0.6) is 5.75 Å². The number of aromatic nitrogens is 1. The lowest BCUT2D eigenvalue weighted by Gasteiger charge is -2.10. The smallest absolute Gasteiger partial charge is 0.271 e. The van der Waals surface area contributed by atoms with Crippen molar-refractivity contribution in [3.63, 3.8) is 0 Å². The molecule has 43 heavy (non-hydrogen) atoms. The van der Waals surface area contributed by atoms with Gasteiger partial charge < -0.3 is 15.4 Å². The fourth-order valence-corrected chi connectivity index (χ4v) is 4.94. The van der Waals surface area contributed by atoms with Gasteiger partial charge in [0.25, 0.3) is 11.8 Å². The van der Waals surface area contributed by atoms with Crippen LogP contribution in [0.3, 0.4) is 0 Å². The van der Waals surface area contributed by atoms with Crippen LogP contribution in [0.4, 0.5) is 16.5 Å². The number of nitrogens with one attached hydrogen (secondary N) is 3. The van der Waals surface area contributed by atoms with Crippen LogP contribution in [0.1, 0.15) is 15.9 Å². The van der Waals surface area contributed by atoms with E-state index < -0.39 is 5.91 Å². The minimum absolute atomic E-state index is 0.249. The van der Waals surface area contributed by atoms with Crippen LogP contribution in [0.15, 0.2) is 101 Å². The highest BCUT2D eigenvalue weighted by Crippen LogP contribution is 2.28. The van der Waals surface area contributed by atoms with Gasteiger partial charge in [-0.1, -0.05) is 46.9 Å². The average molecular weight is 651 g/mol. The minimum atomic E-state index is -0.405. The Morgan fingerprint density at radius 2 is 1.49 bits per heavy atom. The first-order valence-corrected chi connectivity index (χ1v) is 14.7. The summed E-state index contributed by atoms with van der Waals surface area (Å²) in [5.74, 6) is -0.396. The number of hydrazone groups is 1. The highest BCUT2D eigenvalue weighted by molar-refractivity contribution is 7.14. The zero-order valence-corrected chi connectivity index (χ0v) is 25.3. The maximum absolute atomic E-state index is 12.7. The van der Waals surface area contributed by atoms with Crippen LogP contribution >= 0.6 is 46.1 Å². The van der Waals surface area contributed by atoms with Crippen molar-refractivity contribution in [2.75, 3.05) is 17.2 Å². The molecule has 0 aliphatic carbocycles. The number of anilines is 3. The predicted octanol–water partition coefficient (Wildman–Crippen LogP) is 8.30. The molecule has 4 aromatic carbocycles. The van der Waals surface area contributed by atoms with Gasteiger partial charge in [-0.2, -0.15) is 5.10 Å². The Morgan fingerprint density at radius 3 is 2.19 bits per heavy atom. The van der Waals surface area contributed by atoms with Crippen molar-refractivity contribution >= 4 is 80.7 Å². The zero-order valence-electron chi connectivity index (χ0n) is 22.2. The fraction of sp³-hybridized carbons (Fsp3) is 0.0323. The number of nitrogens with zero attached hydrogens (tertiary/aromatic N) is 2. The Bertz CT molecular complexity index is 1760. The summed E-state index contributed by atoms with van der Waals surface area (Å²) in [7, 11) is 0. The second kappa shape index (κ2) is 14.2. The molecule has 1 aromatic heterocycles. The third-order valence-corrected chi connectivity index (χ3v) is 7.37. The number of ether oxygens (including phenoxy) is 1. The molecule has 0 aliphatic heterocycles. The number of thiazole rings is 1. The van der Waals surface area contributed by atoms with Gasteiger partial charge in [0.1, 0.15) is 5.75 Å². The van der Waals surface area contributed by atoms with Gasteiger partial charge in [0, 0.05) is 48.5 Å². The summed E-state index contributed by atoms with van der Waals surface area (Å²) in [6.45, 7) is -0.249. The van der Waals surface area contributed by atoms with E-state index in [4.69, 9.17) is 39.5 Å². The van der Waals surface area contributed by atoms with Crippen molar-refractivity contribution in [1.82, 2.24) is 10.4 Å². The maximum atomic E-state index is 12.7. The summed E-state index contributed by atoms with van der Waals surface area (Å²) < 4.78 is 5.67. The molecule has 0 unspecified atom stereocenters. The van der Waals surface area contributed by atoms with Crippen molar-refractivity contribution in [3.8, 4) is 17.0 Å². The first-order valence-electron chi connectivity index (χ1n) is 12.7. The summed E-state index contributed by atoms with van der Waals surface area (Å²) >= 11 is 19.4. The maximum Gasteiger partial charge on any atom is 0.271 e. The van der Waals surface area contributed by atoms with Gasteiger partial charge in [0.15, 0.2) is 11.7 Å². The van der Waals surface area contributed by atoms with Gasteiger partial charge in [0.2, 0.25) is 0 Å². The van der Waals surface area contributed by atoms with Crippen LogP contribution in [0.2, 0.25) is 15.1 Å². The molecule has 2 amide bonds. The number of benzene rings is 4. The zero-order chi connectivity index (χ0) is 30.2. The third-order valence-electron chi connectivity index (χ3n) is 5.87. The molecule has 1 heterocycles. The molecule has 0 aliphatic rings. The minimum Gasteiger partial charge on any atom is -0.483 e. The Labute approximate surface area is 266 Å². The van der Waals surface area contributed by atoms with Crippen molar-refractivity contribution in [3.05, 3.63) is 123 Å². The Morgan fingerprint density at radius 1 is 0.837 bits per heavy atom. The lowest BCUT2D eigenvalue weighted by Crippen LogP contribution is -2.20. The third kappa shape index (κ3) is 8.56. The molecular weight excluding hydrogens is 629 g/mol. The van der Waals surface area contributed by atoms with Gasteiger partial charge in [0.05, 0.1) is 11.9 Å². The van der Waals surface area contributed by atoms with E-state index in [1.807, 2.05) is 29.6 Å². The van der Waals surface area contributed by atoms with Gasteiger partial charge in [-0.3, -0.25) is 9.59 Å². The largest absolute Gasteiger partial charge is 0.483 e. The molecule has 0 radical (unpaired) electrons. The number of halogens is 3.